The summed E-state index contributed by atoms with van der Waals surface area (Å²) in [5.74, 6) is 1.23. The largest absolute Gasteiger partial charge is 0.396 e. The molecule has 0 aliphatic rings. The lowest BCUT2D eigenvalue weighted by Crippen LogP contribution is -2.39. The van der Waals surface area contributed by atoms with E-state index in [1.54, 1.807) is 0 Å². The summed E-state index contributed by atoms with van der Waals surface area (Å²) in [5, 5.41) is 28.5. The molecule has 4 heteroatoms. The first kappa shape index (κ1) is 34.8. The van der Waals surface area contributed by atoms with Crippen molar-refractivity contribution < 1.29 is 20.1 Å². The van der Waals surface area contributed by atoms with E-state index in [9.17, 15) is 15.3 Å². The normalized spacial score (nSPS) is 13.9. The summed E-state index contributed by atoms with van der Waals surface area (Å²) in [6, 6.07) is 0. The quantitative estimate of drug-likeness (QED) is 0.0950. The zero-order valence-electron chi connectivity index (χ0n) is 24.1. The van der Waals surface area contributed by atoms with Crippen LogP contribution in [-0.4, -0.2) is 48.4 Å². The Kier molecular flexibility index (Phi) is 25.4. The standard InChI is InChI=1S/C31H64O4/c1-4-6-8-9-10-11-12-13-14-15-16-17-18-20-21-29(3)23-30(22-19-7-5-2)24-35-28-31(25-32,26-33)27-34/h29-30,32-34H,4-28H2,1-3H3. The SMILES string of the molecule is CCCCCCCCCCCCCCCCC(C)CC(CCCCC)COCC(CO)(CO)CO. The first-order chi connectivity index (χ1) is 17.1. The van der Waals surface area contributed by atoms with Crippen molar-refractivity contribution in [1.82, 2.24) is 0 Å². The first-order valence-electron chi connectivity index (χ1n) is 15.5. The van der Waals surface area contributed by atoms with Gasteiger partial charge in [-0.25, -0.2) is 0 Å². The van der Waals surface area contributed by atoms with Crippen molar-refractivity contribution in [2.45, 2.75) is 149 Å². The maximum absolute atomic E-state index is 9.52. The smallest absolute Gasteiger partial charge is 0.0629 e. The number of ether oxygens (including phenoxy) is 1. The third-order valence-electron chi connectivity index (χ3n) is 7.77. The van der Waals surface area contributed by atoms with Crippen LogP contribution in [0.2, 0.25) is 0 Å². The molecule has 3 N–H and O–H groups in total. The van der Waals surface area contributed by atoms with Gasteiger partial charge in [0.25, 0.3) is 0 Å². The zero-order chi connectivity index (χ0) is 26.0. The Hall–Kier alpha value is -0.160. The fourth-order valence-electron chi connectivity index (χ4n) is 5.06. The van der Waals surface area contributed by atoms with Crippen LogP contribution in [0.25, 0.3) is 0 Å². The van der Waals surface area contributed by atoms with E-state index < -0.39 is 5.41 Å². The lowest BCUT2D eigenvalue weighted by molar-refractivity contribution is -0.0655. The molecule has 0 heterocycles. The van der Waals surface area contributed by atoms with Gasteiger partial charge in [-0.2, -0.15) is 0 Å². The molecule has 0 aromatic rings. The molecular formula is C31H64O4. The highest BCUT2D eigenvalue weighted by molar-refractivity contribution is 4.77. The minimum Gasteiger partial charge on any atom is -0.396 e. The van der Waals surface area contributed by atoms with Gasteiger partial charge in [0.1, 0.15) is 0 Å². The molecule has 35 heavy (non-hydrogen) atoms. The fraction of sp³-hybridized carbons (Fsp3) is 1.00. The van der Waals surface area contributed by atoms with Crippen LogP contribution in [-0.2, 0) is 4.74 Å². The highest BCUT2D eigenvalue weighted by atomic mass is 16.5. The Bertz CT molecular complexity index is 403. The Morgan fingerprint density at radius 3 is 1.43 bits per heavy atom. The number of hydrogen-bond acceptors (Lipinski definition) is 4. The van der Waals surface area contributed by atoms with Crippen LogP contribution >= 0.6 is 0 Å². The Morgan fingerprint density at radius 2 is 0.971 bits per heavy atom. The lowest BCUT2D eigenvalue weighted by atomic mass is 9.88. The maximum atomic E-state index is 9.52. The van der Waals surface area contributed by atoms with Gasteiger partial charge in [0, 0.05) is 6.61 Å². The van der Waals surface area contributed by atoms with Crippen molar-refractivity contribution >= 4 is 0 Å². The summed E-state index contributed by atoms with van der Waals surface area (Å²) in [5.41, 5.74) is -0.923. The first-order valence-corrected chi connectivity index (χ1v) is 15.5. The van der Waals surface area contributed by atoms with Gasteiger partial charge < -0.3 is 20.1 Å². The number of aliphatic hydroxyl groups is 3. The number of unbranched alkanes of at least 4 members (excludes halogenated alkanes) is 15. The van der Waals surface area contributed by atoms with E-state index in [0.717, 1.165) is 0 Å². The molecule has 0 aromatic carbocycles. The van der Waals surface area contributed by atoms with Gasteiger partial charge in [0.05, 0.1) is 31.8 Å². The van der Waals surface area contributed by atoms with Crippen molar-refractivity contribution in [3.05, 3.63) is 0 Å². The highest BCUT2D eigenvalue weighted by Crippen LogP contribution is 2.25. The Morgan fingerprint density at radius 1 is 0.571 bits per heavy atom. The molecule has 212 valence electrons. The average Bonchev–Trinajstić information content (AvgIpc) is 2.87. The van der Waals surface area contributed by atoms with Crippen LogP contribution in [0.3, 0.4) is 0 Å². The Balaban J connectivity index is 3.90. The van der Waals surface area contributed by atoms with Crippen molar-refractivity contribution in [3.8, 4) is 0 Å². The summed E-state index contributed by atoms with van der Waals surface area (Å²) in [7, 11) is 0. The summed E-state index contributed by atoms with van der Waals surface area (Å²) < 4.78 is 5.91. The molecule has 4 nitrogen and oxygen atoms in total. The molecule has 0 bridgehead atoms. The van der Waals surface area contributed by atoms with Crippen LogP contribution < -0.4 is 0 Å². The fourth-order valence-corrected chi connectivity index (χ4v) is 5.06. The highest BCUT2D eigenvalue weighted by Gasteiger charge is 2.29. The van der Waals surface area contributed by atoms with E-state index in [0.29, 0.717) is 18.4 Å². The van der Waals surface area contributed by atoms with E-state index >= 15 is 0 Å². The van der Waals surface area contributed by atoms with E-state index in [1.165, 1.54) is 128 Å². The van der Waals surface area contributed by atoms with E-state index in [4.69, 9.17) is 4.74 Å². The van der Waals surface area contributed by atoms with Gasteiger partial charge in [0.2, 0.25) is 0 Å². The molecule has 0 fully saturated rings. The second-order valence-corrected chi connectivity index (χ2v) is 11.6. The molecule has 0 radical (unpaired) electrons. The van der Waals surface area contributed by atoms with E-state index in [1.807, 2.05) is 0 Å². The molecule has 0 aliphatic carbocycles. The maximum Gasteiger partial charge on any atom is 0.0629 e. The molecule has 2 atom stereocenters. The second kappa shape index (κ2) is 25.5. The average molecular weight is 501 g/mol. The van der Waals surface area contributed by atoms with Crippen LogP contribution in [0.1, 0.15) is 149 Å². The minimum absolute atomic E-state index is 0.216. The van der Waals surface area contributed by atoms with Crippen LogP contribution in [0.5, 0.6) is 0 Å². The van der Waals surface area contributed by atoms with Crippen LogP contribution in [0, 0.1) is 17.3 Å². The van der Waals surface area contributed by atoms with Gasteiger partial charge in [-0.1, -0.05) is 136 Å². The van der Waals surface area contributed by atoms with E-state index in [2.05, 4.69) is 20.8 Å². The van der Waals surface area contributed by atoms with Crippen LogP contribution in [0.15, 0.2) is 0 Å². The third-order valence-corrected chi connectivity index (χ3v) is 7.77. The number of hydrogen-bond donors (Lipinski definition) is 3. The van der Waals surface area contributed by atoms with Gasteiger partial charge in [-0.05, 0) is 24.7 Å². The minimum atomic E-state index is -0.923. The summed E-state index contributed by atoms with van der Waals surface area (Å²) >= 11 is 0. The lowest BCUT2D eigenvalue weighted by Gasteiger charge is -2.28. The van der Waals surface area contributed by atoms with Gasteiger partial charge in [-0.15, -0.1) is 0 Å². The topological polar surface area (TPSA) is 69.9 Å². The summed E-state index contributed by atoms with van der Waals surface area (Å²) in [6.45, 7) is 7.02. The van der Waals surface area contributed by atoms with Crippen molar-refractivity contribution in [2.75, 3.05) is 33.0 Å². The van der Waals surface area contributed by atoms with E-state index in [-0.39, 0.29) is 26.4 Å². The number of aliphatic hydroxyl groups excluding tert-OH is 3. The third kappa shape index (κ3) is 20.6. The molecular weight excluding hydrogens is 436 g/mol. The Labute approximate surface area is 219 Å². The molecule has 0 saturated heterocycles. The van der Waals surface area contributed by atoms with Crippen molar-refractivity contribution in [1.29, 1.82) is 0 Å². The molecule has 2 unspecified atom stereocenters. The molecule has 0 spiro atoms. The molecule has 0 aliphatic heterocycles. The van der Waals surface area contributed by atoms with Gasteiger partial charge >= 0.3 is 0 Å². The number of rotatable bonds is 28. The predicted octanol–water partition coefficient (Wildman–Crippen LogP) is 8.06. The van der Waals surface area contributed by atoms with Crippen molar-refractivity contribution in [3.63, 3.8) is 0 Å². The van der Waals surface area contributed by atoms with Gasteiger partial charge in [-0.3, -0.25) is 0 Å². The van der Waals surface area contributed by atoms with Crippen molar-refractivity contribution in [2.24, 2.45) is 17.3 Å². The zero-order valence-corrected chi connectivity index (χ0v) is 24.1. The molecule has 0 saturated carbocycles. The van der Waals surface area contributed by atoms with Crippen LogP contribution in [0.4, 0.5) is 0 Å². The molecule has 0 amide bonds. The second-order valence-electron chi connectivity index (χ2n) is 11.6. The summed E-state index contributed by atoms with van der Waals surface area (Å²) in [4.78, 5) is 0. The summed E-state index contributed by atoms with van der Waals surface area (Å²) in [6.07, 6.45) is 27.1. The molecule has 0 rings (SSSR count). The predicted molar refractivity (Wildman–Crippen MR) is 151 cm³/mol. The molecule has 0 aromatic heterocycles. The van der Waals surface area contributed by atoms with Gasteiger partial charge in [0.15, 0.2) is 0 Å². The monoisotopic (exact) mass is 500 g/mol.